The van der Waals surface area contributed by atoms with Crippen LogP contribution in [0, 0.1) is 5.92 Å². The molecule has 5 heteroatoms. The highest BCUT2D eigenvalue weighted by atomic mass is 79.9. The number of hydrogen-bond donors (Lipinski definition) is 2. The molecule has 1 atom stereocenters. The Labute approximate surface area is 116 Å². The van der Waals surface area contributed by atoms with E-state index in [1.807, 2.05) is 12.1 Å². The molecule has 0 radical (unpaired) electrons. The van der Waals surface area contributed by atoms with Gasteiger partial charge in [-0.1, -0.05) is 22.0 Å². The summed E-state index contributed by atoms with van der Waals surface area (Å²) in [5.41, 5.74) is 7.02. The quantitative estimate of drug-likeness (QED) is 0.880. The van der Waals surface area contributed by atoms with Gasteiger partial charge < -0.3 is 15.6 Å². The normalized spacial score (nSPS) is 18.5. The van der Waals surface area contributed by atoms with Crippen LogP contribution in [0.2, 0.25) is 0 Å². The number of ether oxygens (including phenoxy) is 1. The van der Waals surface area contributed by atoms with Crippen molar-refractivity contribution in [2.24, 2.45) is 11.7 Å². The molecule has 0 spiro atoms. The van der Waals surface area contributed by atoms with Gasteiger partial charge in [-0.05, 0) is 30.9 Å². The van der Waals surface area contributed by atoms with Crippen LogP contribution in [0.3, 0.4) is 0 Å². The standard InChI is InChI=1S/C12H16BrNO2.ClH/c13-9-1-2-10(11(15)7-9)12(14)8-3-5-16-6-4-8;/h1-2,7-8,12,15H,3-6,14H2;1H/t12-;/m1./s1. The van der Waals surface area contributed by atoms with Crippen LogP contribution in [-0.4, -0.2) is 18.3 Å². The highest BCUT2D eigenvalue weighted by molar-refractivity contribution is 9.10. The van der Waals surface area contributed by atoms with E-state index in [9.17, 15) is 5.11 Å². The lowest BCUT2D eigenvalue weighted by Crippen LogP contribution is -2.27. The van der Waals surface area contributed by atoms with Crippen molar-refractivity contribution in [2.45, 2.75) is 18.9 Å². The van der Waals surface area contributed by atoms with Crippen molar-refractivity contribution in [1.29, 1.82) is 0 Å². The van der Waals surface area contributed by atoms with Crippen molar-refractivity contribution < 1.29 is 9.84 Å². The van der Waals surface area contributed by atoms with E-state index in [4.69, 9.17) is 10.5 Å². The topological polar surface area (TPSA) is 55.5 Å². The minimum atomic E-state index is -0.100. The van der Waals surface area contributed by atoms with E-state index in [0.717, 1.165) is 36.1 Å². The summed E-state index contributed by atoms with van der Waals surface area (Å²) in [5, 5.41) is 9.85. The fourth-order valence-corrected chi connectivity index (χ4v) is 2.48. The Hall–Kier alpha value is -0.290. The molecule has 17 heavy (non-hydrogen) atoms. The summed E-state index contributed by atoms with van der Waals surface area (Å²) < 4.78 is 6.18. The van der Waals surface area contributed by atoms with Crippen LogP contribution in [0.25, 0.3) is 0 Å². The maximum Gasteiger partial charge on any atom is 0.121 e. The van der Waals surface area contributed by atoms with Crippen molar-refractivity contribution in [3.05, 3.63) is 28.2 Å². The number of phenolic OH excluding ortho intramolecular Hbond substituents is 1. The molecule has 3 N–H and O–H groups in total. The fraction of sp³-hybridized carbons (Fsp3) is 0.500. The van der Waals surface area contributed by atoms with Gasteiger partial charge in [-0.25, -0.2) is 0 Å². The first-order valence-corrected chi connectivity index (χ1v) is 6.29. The Morgan fingerprint density at radius 3 is 2.59 bits per heavy atom. The number of halogens is 2. The van der Waals surface area contributed by atoms with Crippen molar-refractivity contribution in [2.75, 3.05) is 13.2 Å². The van der Waals surface area contributed by atoms with E-state index in [0.29, 0.717) is 5.92 Å². The van der Waals surface area contributed by atoms with Gasteiger partial charge in [-0.15, -0.1) is 12.4 Å². The molecule has 3 nitrogen and oxygen atoms in total. The Morgan fingerprint density at radius 2 is 2.00 bits per heavy atom. The molecule has 1 aliphatic rings. The predicted octanol–water partition coefficient (Wildman–Crippen LogP) is 3.00. The fourth-order valence-electron chi connectivity index (χ4n) is 2.13. The lowest BCUT2D eigenvalue weighted by atomic mass is 9.87. The zero-order chi connectivity index (χ0) is 11.5. The Balaban J connectivity index is 0.00000144. The smallest absolute Gasteiger partial charge is 0.121 e. The third kappa shape index (κ3) is 3.58. The second-order valence-electron chi connectivity index (χ2n) is 4.18. The summed E-state index contributed by atoms with van der Waals surface area (Å²) in [7, 11) is 0. The van der Waals surface area contributed by atoms with Crippen LogP contribution >= 0.6 is 28.3 Å². The molecule has 1 aromatic rings. The third-order valence-electron chi connectivity index (χ3n) is 3.13. The lowest BCUT2D eigenvalue weighted by molar-refractivity contribution is 0.0581. The maximum atomic E-state index is 9.85. The first-order valence-electron chi connectivity index (χ1n) is 5.50. The molecule has 96 valence electrons. The van der Waals surface area contributed by atoms with Crippen LogP contribution in [0.1, 0.15) is 24.4 Å². The van der Waals surface area contributed by atoms with E-state index >= 15 is 0 Å². The summed E-state index contributed by atoms with van der Waals surface area (Å²) in [5.74, 6) is 0.675. The highest BCUT2D eigenvalue weighted by Gasteiger charge is 2.24. The minimum absolute atomic E-state index is 0. The molecule has 0 unspecified atom stereocenters. The highest BCUT2D eigenvalue weighted by Crippen LogP contribution is 2.34. The summed E-state index contributed by atoms with van der Waals surface area (Å²) >= 11 is 3.32. The van der Waals surface area contributed by atoms with Crippen molar-refractivity contribution in [1.82, 2.24) is 0 Å². The zero-order valence-corrected chi connectivity index (χ0v) is 11.8. The van der Waals surface area contributed by atoms with Gasteiger partial charge in [0.1, 0.15) is 5.75 Å². The van der Waals surface area contributed by atoms with Gasteiger partial charge in [-0.2, -0.15) is 0 Å². The second-order valence-corrected chi connectivity index (χ2v) is 5.09. The average Bonchev–Trinajstić information content (AvgIpc) is 2.29. The first-order chi connectivity index (χ1) is 7.68. The molecule has 0 aromatic heterocycles. The average molecular weight is 323 g/mol. The Morgan fingerprint density at radius 1 is 1.35 bits per heavy atom. The molecule has 1 heterocycles. The molecule has 2 rings (SSSR count). The summed E-state index contributed by atoms with van der Waals surface area (Å²) in [6.07, 6.45) is 1.94. The van der Waals surface area contributed by atoms with Crippen LogP contribution in [0.5, 0.6) is 5.75 Å². The SMILES string of the molecule is Cl.N[C@@H](c1ccc(Br)cc1O)C1CCOCC1. The van der Waals surface area contributed by atoms with Crippen LogP contribution in [0.15, 0.2) is 22.7 Å². The summed E-state index contributed by atoms with van der Waals surface area (Å²) in [6.45, 7) is 1.55. The molecule has 0 bridgehead atoms. The second kappa shape index (κ2) is 6.59. The van der Waals surface area contributed by atoms with Crippen LogP contribution in [-0.2, 0) is 4.74 Å². The number of hydrogen-bond acceptors (Lipinski definition) is 3. The summed E-state index contributed by atoms with van der Waals surface area (Å²) in [6, 6.07) is 5.39. The van der Waals surface area contributed by atoms with E-state index in [1.54, 1.807) is 6.07 Å². The van der Waals surface area contributed by atoms with Gasteiger partial charge in [0, 0.05) is 29.3 Å². The maximum absolute atomic E-state index is 9.85. The monoisotopic (exact) mass is 321 g/mol. The molecule has 1 fully saturated rings. The number of phenols is 1. The van der Waals surface area contributed by atoms with E-state index in [2.05, 4.69) is 15.9 Å². The van der Waals surface area contributed by atoms with Gasteiger partial charge >= 0.3 is 0 Å². The van der Waals surface area contributed by atoms with E-state index in [-0.39, 0.29) is 24.2 Å². The number of nitrogens with two attached hydrogens (primary N) is 1. The molecule has 0 aliphatic carbocycles. The first kappa shape index (κ1) is 14.8. The number of rotatable bonds is 2. The molecule has 1 aromatic carbocycles. The number of aromatic hydroxyl groups is 1. The van der Waals surface area contributed by atoms with Gasteiger partial charge in [-0.3, -0.25) is 0 Å². The van der Waals surface area contributed by atoms with Crippen LogP contribution < -0.4 is 5.73 Å². The van der Waals surface area contributed by atoms with Crippen molar-refractivity contribution in [3.63, 3.8) is 0 Å². The van der Waals surface area contributed by atoms with Gasteiger partial charge in [0.25, 0.3) is 0 Å². The molecular formula is C12H17BrClNO2. The molecule has 1 aliphatic heterocycles. The molecular weight excluding hydrogens is 305 g/mol. The molecule has 0 saturated carbocycles. The third-order valence-corrected chi connectivity index (χ3v) is 3.62. The van der Waals surface area contributed by atoms with E-state index in [1.165, 1.54) is 0 Å². The minimum Gasteiger partial charge on any atom is -0.508 e. The number of benzene rings is 1. The predicted molar refractivity (Wildman–Crippen MR) is 73.5 cm³/mol. The van der Waals surface area contributed by atoms with Gasteiger partial charge in [0.15, 0.2) is 0 Å². The Kier molecular flexibility index (Phi) is 5.73. The van der Waals surface area contributed by atoms with Gasteiger partial charge in [0.2, 0.25) is 0 Å². The zero-order valence-electron chi connectivity index (χ0n) is 9.43. The van der Waals surface area contributed by atoms with E-state index < -0.39 is 0 Å². The largest absolute Gasteiger partial charge is 0.508 e. The molecule has 1 saturated heterocycles. The molecule has 0 amide bonds. The van der Waals surface area contributed by atoms with Crippen molar-refractivity contribution in [3.8, 4) is 5.75 Å². The summed E-state index contributed by atoms with van der Waals surface area (Å²) in [4.78, 5) is 0. The van der Waals surface area contributed by atoms with Gasteiger partial charge in [0.05, 0.1) is 0 Å². The van der Waals surface area contributed by atoms with Crippen molar-refractivity contribution >= 4 is 28.3 Å². The van der Waals surface area contributed by atoms with Crippen LogP contribution in [0.4, 0.5) is 0 Å². The lowest BCUT2D eigenvalue weighted by Gasteiger charge is -2.28. The Bertz CT molecular complexity index is 370.